The van der Waals surface area contributed by atoms with Crippen LogP contribution >= 0.6 is 0 Å². The number of nitrogens with zero attached hydrogens (tertiary/aromatic N) is 3. The summed E-state index contributed by atoms with van der Waals surface area (Å²) in [6.07, 6.45) is 6.40. The molecule has 1 N–H and O–H groups in total. The third-order valence-corrected chi connectivity index (χ3v) is 2.66. The highest BCUT2D eigenvalue weighted by molar-refractivity contribution is 5.16. The zero-order valence-corrected chi connectivity index (χ0v) is 12.3. The molecule has 0 bridgehead atoms. The van der Waals surface area contributed by atoms with E-state index in [1.165, 1.54) is 0 Å². The highest BCUT2D eigenvalue weighted by Crippen LogP contribution is 2.19. The molecular weight excluding hydrogens is 256 g/mol. The molecule has 0 saturated carbocycles. The molecule has 0 unspecified atom stereocenters. The van der Waals surface area contributed by atoms with Gasteiger partial charge >= 0.3 is 6.08 Å². The normalized spacial score (nSPS) is 11.2. The van der Waals surface area contributed by atoms with Gasteiger partial charge in [-0.15, -0.1) is 0 Å². The summed E-state index contributed by atoms with van der Waals surface area (Å²) in [5.41, 5.74) is 0.835. The Balaban J connectivity index is 1.85. The van der Waals surface area contributed by atoms with Gasteiger partial charge in [0.2, 0.25) is 0 Å². The number of hydrogen-bond donors (Lipinski definition) is 1. The molecule has 110 valence electrons. The zero-order valence-electron chi connectivity index (χ0n) is 12.3. The van der Waals surface area contributed by atoms with Gasteiger partial charge in [-0.05, 0) is 18.9 Å². The Morgan fingerprint density at radius 1 is 1.45 bits per heavy atom. The Morgan fingerprint density at radius 3 is 3.05 bits per heavy atom. The molecule has 2 rings (SSSR count). The van der Waals surface area contributed by atoms with Crippen molar-refractivity contribution >= 4 is 0 Å². The summed E-state index contributed by atoms with van der Waals surface area (Å²) in [4.78, 5) is 4.27. The van der Waals surface area contributed by atoms with E-state index in [0.717, 1.165) is 25.2 Å². The van der Waals surface area contributed by atoms with E-state index in [0.29, 0.717) is 18.2 Å². The van der Waals surface area contributed by atoms with Crippen LogP contribution in [-0.4, -0.2) is 21.3 Å². The number of oxazole rings is 1. The third-order valence-electron chi connectivity index (χ3n) is 2.66. The number of aromatic nitrogens is 3. The SMILES string of the molecule is CCCn1cc(Oc2nc(CNCC(C)C)co2)cn1. The van der Waals surface area contributed by atoms with Crippen LogP contribution in [0.2, 0.25) is 0 Å². The molecule has 0 fully saturated rings. The van der Waals surface area contributed by atoms with Gasteiger partial charge < -0.3 is 14.5 Å². The van der Waals surface area contributed by atoms with E-state index in [9.17, 15) is 0 Å². The van der Waals surface area contributed by atoms with Gasteiger partial charge in [-0.3, -0.25) is 4.68 Å². The van der Waals surface area contributed by atoms with Gasteiger partial charge in [0, 0.05) is 13.1 Å². The lowest BCUT2D eigenvalue weighted by molar-refractivity contribution is 0.330. The molecule has 0 spiro atoms. The lowest BCUT2D eigenvalue weighted by Crippen LogP contribution is -2.19. The van der Waals surface area contributed by atoms with Crippen molar-refractivity contribution in [2.24, 2.45) is 5.92 Å². The average molecular weight is 278 g/mol. The van der Waals surface area contributed by atoms with Gasteiger partial charge in [-0.2, -0.15) is 10.1 Å². The smallest absolute Gasteiger partial charge is 0.399 e. The van der Waals surface area contributed by atoms with Crippen molar-refractivity contribution in [1.82, 2.24) is 20.1 Å². The quantitative estimate of drug-likeness (QED) is 0.804. The first-order chi connectivity index (χ1) is 9.67. The number of nitrogens with one attached hydrogen (secondary N) is 1. The van der Waals surface area contributed by atoms with Crippen molar-refractivity contribution in [3.63, 3.8) is 0 Å². The average Bonchev–Trinajstić information content (AvgIpc) is 3.00. The van der Waals surface area contributed by atoms with Crippen LogP contribution in [0.15, 0.2) is 23.1 Å². The molecule has 2 aromatic rings. The fourth-order valence-electron chi connectivity index (χ4n) is 1.75. The molecule has 0 amide bonds. The standard InChI is InChI=1S/C14H22N4O2/c1-4-5-18-9-13(8-16-18)20-14-17-12(10-19-14)7-15-6-11(2)3/h8-11,15H,4-7H2,1-3H3. The minimum atomic E-state index is 0.252. The summed E-state index contributed by atoms with van der Waals surface area (Å²) < 4.78 is 12.6. The van der Waals surface area contributed by atoms with Crippen LogP contribution in [0.5, 0.6) is 11.8 Å². The van der Waals surface area contributed by atoms with E-state index in [-0.39, 0.29) is 6.08 Å². The van der Waals surface area contributed by atoms with Crippen molar-refractivity contribution in [3.05, 3.63) is 24.4 Å². The fourth-order valence-corrected chi connectivity index (χ4v) is 1.75. The highest BCUT2D eigenvalue weighted by atomic mass is 16.6. The van der Waals surface area contributed by atoms with Crippen molar-refractivity contribution in [2.45, 2.75) is 40.3 Å². The third kappa shape index (κ3) is 4.38. The maximum atomic E-state index is 5.52. The van der Waals surface area contributed by atoms with Gasteiger partial charge in [-0.25, -0.2) is 0 Å². The van der Waals surface area contributed by atoms with Crippen LogP contribution < -0.4 is 10.1 Å². The molecule has 20 heavy (non-hydrogen) atoms. The second-order valence-corrected chi connectivity index (χ2v) is 5.17. The van der Waals surface area contributed by atoms with Crippen molar-refractivity contribution < 1.29 is 9.15 Å². The lowest BCUT2D eigenvalue weighted by atomic mass is 10.2. The molecule has 0 aliphatic carbocycles. The van der Waals surface area contributed by atoms with E-state index >= 15 is 0 Å². The van der Waals surface area contributed by atoms with Gasteiger partial charge in [-0.1, -0.05) is 20.8 Å². The molecule has 0 saturated heterocycles. The van der Waals surface area contributed by atoms with E-state index in [4.69, 9.17) is 9.15 Å². The number of rotatable bonds is 8. The Kier molecular flexibility index (Phi) is 5.17. The Morgan fingerprint density at radius 2 is 2.30 bits per heavy atom. The van der Waals surface area contributed by atoms with Gasteiger partial charge in [0.25, 0.3) is 0 Å². The highest BCUT2D eigenvalue weighted by Gasteiger charge is 2.08. The van der Waals surface area contributed by atoms with Crippen LogP contribution in [0.3, 0.4) is 0 Å². The number of ether oxygens (including phenoxy) is 1. The molecule has 0 atom stereocenters. The van der Waals surface area contributed by atoms with Crippen LogP contribution in [0.1, 0.15) is 32.9 Å². The fraction of sp³-hybridized carbons (Fsp3) is 0.571. The molecule has 6 nitrogen and oxygen atoms in total. The summed E-state index contributed by atoms with van der Waals surface area (Å²) in [5, 5.41) is 7.49. The molecule has 0 aliphatic heterocycles. The van der Waals surface area contributed by atoms with E-state index in [2.05, 4.69) is 36.2 Å². The molecule has 6 heteroatoms. The molecule has 0 aromatic carbocycles. The maximum absolute atomic E-state index is 5.52. The summed E-state index contributed by atoms with van der Waals surface area (Å²) in [7, 11) is 0. The van der Waals surface area contributed by atoms with E-state index in [1.807, 2.05) is 10.9 Å². The summed E-state index contributed by atoms with van der Waals surface area (Å²) in [6.45, 7) is 8.94. The zero-order chi connectivity index (χ0) is 14.4. The van der Waals surface area contributed by atoms with Gasteiger partial charge in [0.1, 0.15) is 6.26 Å². The Hall–Kier alpha value is -1.82. The topological polar surface area (TPSA) is 65.1 Å². The summed E-state index contributed by atoms with van der Waals surface area (Å²) >= 11 is 0. The molecule has 0 radical (unpaired) electrons. The Labute approximate surface area is 119 Å². The van der Waals surface area contributed by atoms with Gasteiger partial charge in [0.05, 0.1) is 18.1 Å². The first kappa shape index (κ1) is 14.6. The van der Waals surface area contributed by atoms with Crippen LogP contribution in [0.4, 0.5) is 0 Å². The molecular formula is C14H22N4O2. The summed E-state index contributed by atoms with van der Waals surface area (Å²) in [6, 6.07) is 0. The largest absolute Gasteiger partial charge is 0.417 e. The second-order valence-electron chi connectivity index (χ2n) is 5.17. The van der Waals surface area contributed by atoms with Crippen LogP contribution in [0.25, 0.3) is 0 Å². The van der Waals surface area contributed by atoms with E-state index < -0.39 is 0 Å². The summed E-state index contributed by atoms with van der Waals surface area (Å²) in [5.74, 6) is 1.25. The lowest BCUT2D eigenvalue weighted by Gasteiger charge is -2.04. The minimum absolute atomic E-state index is 0.252. The Bertz CT molecular complexity index is 519. The van der Waals surface area contributed by atoms with Gasteiger partial charge in [0.15, 0.2) is 5.75 Å². The van der Waals surface area contributed by atoms with E-state index in [1.54, 1.807) is 12.5 Å². The second kappa shape index (κ2) is 7.09. The number of aryl methyl sites for hydroxylation is 1. The van der Waals surface area contributed by atoms with Crippen molar-refractivity contribution in [1.29, 1.82) is 0 Å². The number of hydrogen-bond acceptors (Lipinski definition) is 5. The van der Waals surface area contributed by atoms with Crippen LogP contribution in [-0.2, 0) is 13.1 Å². The molecule has 2 heterocycles. The molecule has 0 aliphatic rings. The monoisotopic (exact) mass is 278 g/mol. The maximum Gasteiger partial charge on any atom is 0.399 e. The first-order valence-electron chi connectivity index (χ1n) is 7.02. The first-order valence-corrected chi connectivity index (χ1v) is 7.02. The van der Waals surface area contributed by atoms with Crippen molar-refractivity contribution in [2.75, 3.05) is 6.54 Å². The van der Waals surface area contributed by atoms with Crippen molar-refractivity contribution in [3.8, 4) is 11.8 Å². The van der Waals surface area contributed by atoms with Crippen LogP contribution in [0, 0.1) is 5.92 Å². The molecule has 2 aromatic heterocycles. The predicted molar refractivity (Wildman–Crippen MR) is 75.6 cm³/mol. The minimum Gasteiger partial charge on any atom is -0.417 e. The predicted octanol–water partition coefficient (Wildman–Crippen LogP) is 2.82.